The lowest BCUT2D eigenvalue weighted by Crippen LogP contribution is -2.19. The molecule has 1 aromatic carbocycles. The van der Waals surface area contributed by atoms with Crippen LogP contribution >= 0.6 is 11.6 Å². The quantitative estimate of drug-likeness (QED) is 0.594. The minimum atomic E-state index is -1.06. The molecule has 0 aromatic heterocycles. The van der Waals surface area contributed by atoms with Crippen LogP contribution < -0.4 is 0 Å². The van der Waals surface area contributed by atoms with Gasteiger partial charge in [-0.1, -0.05) is 24.3 Å². The molecule has 0 radical (unpaired) electrons. The molecule has 4 heteroatoms. The highest BCUT2D eigenvalue weighted by Crippen LogP contribution is 2.21. The molecule has 1 rings (SSSR count). The van der Waals surface area contributed by atoms with Crippen LogP contribution in [0.15, 0.2) is 24.3 Å². The summed E-state index contributed by atoms with van der Waals surface area (Å²) in [6.45, 7) is 0. The molecule has 0 aliphatic carbocycles. The molecule has 0 bridgehead atoms. The van der Waals surface area contributed by atoms with E-state index in [1.54, 1.807) is 24.3 Å². The number of alkyl halides is 1. The molecule has 82 valence electrons. The van der Waals surface area contributed by atoms with Gasteiger partial charge in [-0.15, -0.1) is 11.6 Å². The fourth-order valence-electron chi connectivity index (χ4n) is 1.36. The van der Waals surface area contributed by atoms with Crippen molar-refractivity contribution in [1.82, 2.24) is 0 Å². The molecule has 1 aromatic rings. The molecule has 2 atom stereocenters. The second kappa shape index (κ2) is 5.85. The highest BCUT2D eigenvalue weighted by Gasteiger charge is 2.19. The minimum Gasteiger partial charge on any atom is -0.390 e. The second-order valence-electron chi connectivity index (χ2n) is 3.24. The first-order valence-electron chi connectivity index (χ1n) is 4.67. The second-order valence-corrected chi connectivity index (χ2v) is 3.61. The number of carbonyl (C=O) groups excluding carboxylic acids is 1. The van der Waals surface area contributed by atoms with Gasteiger partial charge in [0.25, 0.3) is 0 Å². The van der Waals surface area contributed by atoms with E-state index in [1.807, 2.05) is 0 Å². The summed E-state index contributed by atoms with van der Waals surface area (Å²) >= 11 is 5.46. The van der Waals surface area contributed by atoms with E-state index in [9.17, 15) is 15.0 Å². The number of halogens is 1. The Labute approximate surface area is 93.3 Å². The van der Waals surface area contributed by atoms with Crippen LogP contribution in [-0.4, -0.2) is 28.5 Å². The lowest BCUT2D eigenvalue weighted by atomic mass is 9.98. The Balaban J connectivity index is 2.89. The maximum Gasteiger partial charge on any atom is 0.150 e. The standard InChI is InChI=1S/C11H13ClO3/c12-6-5-10(14)11(15)9-4-2-1-3-8(9)7-13/h1-4,7,10-11,14-15H,5-6H2. The highest BCUT2D eigenvalue weighted by molar-refractivity contribution is 6.17. The molecule has 0 aliphatic heterocycles. The molecule has 0 saturated heterocycles. The number of benzene rings is 1. The Morgan fingerprint density at radius 2 is 2.00 bits per heavy atom. The van der Waals surface area contributed by atoms with Gasteiger partial charge in [0.05, 0.1) is 6.10 Å². The van der Waals surface area contributed by atoms with Crippen molar-refractivity contribution < 1.29 is 15.0 Å². The summed E-state index contributed by atoms with van der Waals surface area (Å²) in [5, 5.41) is 19.3. The SMILES string of the molecule is O=Cc1ccccc1C(O)C(O)CCCl. The smallest absolute Gasteiger partial charge is 0.150 e. The molecule has 3 nitrogen and oxygen atoms in total. The van der Waals surface area contributed by atoms with Crippen LogP contribution in [0, 0.1) is 0 Å². The Kier molecular flexibility index (Phi) is 4.75. The van der Waals surface area contributed by atoms with E-state index in [1.165, 1.54) is 0 Å². The first-order valence-corrected chi connectivity index (χ1v) is 5.20. The fraction of sp³-hybridized carbons (Fsp3) is 0.364. The molecular weight excluding hydrogens is 216 g/mol. The molecule has 0 heterocycles. The van der Waals surface area contributed by atoms with Crippen molar-refractivity contribution in [3.05, 3.63) is 35.4 Å². The van der Waals surface area contributed by atoms with E-state index in [2.05, 4.69) is 0 Å². The number of aliphatic hydroxyl groups is 2. The Morgan fingerprint density at radius 1 is 1.33 bits per heavy atom. The van der Waals surface area contributed by atoms with Gasteiger partial charge >= 0.3 is 0 Å². The van der Waals surface area contributed by atoms with Crippen LogP contribution in [0.2, 0.25) is 0 Å². The van der Waals surface area contributed by atoms with E-state index in [0.29, 0.717) is 17.4 Å². The highest BCUT2D eigenvalue weighted by atomic mass is 35.5. The van der Waals surface area contributed by atoms with E-state index >= 15 is 0 Å². The van der Waals surface area contributed by atoms with Crippen molar-refractivity contribution in [1.29, 1.82) is 0 Å². The molecule has 0 aliphatic rings. The first kappa shape index (κ1) is 12.2. The number of hydrogen-bond acceptors (Lipinski definition) is 3. The summed E-state index contributed by atoms with van der Waals surface area (Å²) in [6.07, 6.45) is -1.06. The van der Waals surface area contributed by atoms with E-state index < -0.39 is 12.2 Å². The first-order chi connectivity index (χ1) is 7.20. The number of carbonyl (C=O) groups is 1. The van der Waals surface area contributed by atoms with Gasteiger partial charge in [-0.05, 0) is 12.0 Å². The largest absolute Gasteiger partial charge is 0.390 e. The fourth-order valence-corrected chi connectivity index (χ4v) is 1.59. The third-order valence-electron chi connectivity index (χ3n) is 2.21. The molecule has 2 unspecified atom stereocenters. The Morgan fingerprint density at radius 3 is 2.60 bits per heavy atom. The third-order valence-corrected chi connectivity index (χ3v) is 2.43. The third kappa shape index (κ3) is 3.02. The number of rotatable bonds is 5. The minimum absolute atomic E-state index is 0.265. The Bertz CT molecular complexity index is 327. The normalized spacial score (nSPS) is 14.6. The average Bonchev–Trinajstić information content (AvgIpc) is 2.28. The van der Waals surface area contributed by atoms with Crippen LogP contribution in [0.1, 0.15) is 28.4 Å². The van der Waals surface area contributed by atoms with E-state index in [4.69, 9.17) is 11.6 Å². The summed E-state index contributed by atoms with van der Waals surface area (Å²) < 4.78 is 0. The van der Waals surface area contributed by atoms with Gasteiger partial charge in [0.15, 0.2) is 0 Å². The number of aldehydes is 1. The molecule has 15 heavy (non-hydrogen) atoms. The molecule has 0 saturated carbocycles. The number of aliphatic hydroxyl groups excluding tert-OH is 2. The predicted molar refractivity (Wildman–Crippen MR) is 58.1 cm³/mol. The van der Waals surface area contributed by atoms with Crippen molar-refractivity contribution >= 4 is 17.9 Å². The van der Waals surface area contributed by atoms with Crippen molar-refractivity contribution in [3.63, 3.8) is 0 Å². The van der Waals surface area contributed by atoms with Crippen LogP contribution in [0.4, 0.5) is 0 Å². The lowest BCUT2D eigenvalue weighted by Gasteiger charge is -2.18. The summed E-state index contributed by atoms with van der Waals surface area (Å²) in [6, 6.07) is 6.62. The van der Waals surface area contributed by atoms with Gasteiger partial charge in [-0.25, -0.2) is 0 Å². The molecule has 0 spiro atoms. The van der Waals surface area contributed by atoms with E-state index in [-0.39, 0.29) is 12.3 Å². The molecular formula is C11H13ClO3. The van der Waals surface area contributed by atoms with Crippen molar-refractivity contribution in [2.75, 3.05) is 5.88 Å². The van der Waals surface area contributed by atoms with Gasteiger partial charge in [0, 0.05) is 11.4 Å². The van der Waals surface area contributed by atoms with Crippen molar-refractivity contribution in [2.45, 2.75) is 18.6 Å². The Hall–Kier alpha value is -0.900. The summed E-state index contributed by atoms with van der Waals surface area (Å²) in [4.78, 5) is 10.7. The van der Waals surface area contributed by atoms with Crippen LogP contribution in [-0.2, 0) is 0 Å². The van der Waals surface area contributed by atoms with Crippen LogP contribution in [0.3, 0.4) is 0 Å². The molecule has 0 amide bonds. The topological polar surface area (TPSA) is 57.5 Å². The zero-order valence-electron chi connectivity index (χ0n) is 8.14. The molecule has 2 N–H and O–H groups in total. The van der Waals surface area contributed by atoms with Gasteiger partial charge in [-0.3, -0.25) is 4.79 Å². The van der Waals surface area contributed by atoms with Gasteiger partial charge in [-0.2, -0.15) is 0 Å². The van der Waals surface area contributed by atoms with E-state index in [0.717, 1.165) is 0 Å². The maximum atomic E-state index is 10.7. The monoisotopic (exact) mass is 228 g/mol. The van der Waals surface area contributed by atoms with Crippen molar-refractivity contribution in [3.8, 4) is 0 Å². The zero-order chi connectivity index (χ0) is 11.3. The maximum absolute atomic E-state index is 10.7. The number of hydrogen-bond donors (Lipinski definition) is 2. The molecule has 0 fully saturated rings. The van der Waals surface area contributed by atoms with Gasteiger partial charge in [0.1, 0.15) is 12.4 Å². The lowest BCUT2D eigenvalue weighted by molar-refractivity contribution is 0.0166. The van der Waals surface area contributed by atoms with Gasteiger partial charge in [0.2, 0.25) is 0 Å². The summed E-state index contributed by atoms with van der Waals surface area (Å²) in [5.74, 6) is 0.265. The van der Waals surface area contributed by atoms with Crippen molar-refractivity contribution in [2.24, 2.45) is 0 Å². The predicted octanol–water partition coefficient (Wildman–Crippen LogP) is 1.52. The average molecular weight is 229 g/mol. The zero-order valence-corrected chi connectivity index (χ0v) is 8.89. The van der Waals surface area contributed by atoms with Crippen LogP contribution in [0.25, 0.3) is 0 Å². The van der Waals surface area contributed by atoms with Gasteiger partial charge < -0.3 is 10.2 Å². The summed E-state index contributed by atoms with van der Waals surface area (Å²) in [7, 11) is 0. The summed E-state index contributed by atoms with van der Waals surface area (Å²) in [5.41, 5.74) is 0.823. The van der Waals surface area contributed by atoms with Crippen LogP contribution in [0.5, 0.6) is 0 Å².